The zero-order valence-electron chi connectivity index (χ0n) is 15.6. The molecule has 0 unspecified atom stereocenters. The van der Waals surface area contributed by atoms with Gasteiger partial charge in [0.1, 0.15) is 5.82 Å². The smallest absolute Gasteiger partial charge is 0.184 e. The van der Waals surface area contributed by atoms with Gasteiger partial charge in [0, 0.05) is 24.7 Å². The first-order valence-electron chi connectivity index (χ1n) is 8.97. The van der Waals surface area contributed by atoms with Crippen LogP contribution in [0.3, 0.4) is 0 Å². The predicted octanol–water partition coefficient (Wildman–Crippen LogP) is 2.19. The Morgan fingerprint density at radius 2 is 2.11 bits per heavy atom. The summed E-state index contributed by atoms with van der Waals surface area (Å²) in [5.41, 5.74) is 1.75. The molecule has 1 aliphatic heterocycles. The first-order valence-corrected chi connectivity index (χ1v) is 9.35. The molecule has 1 aliphatic rings. The van der Waals surface area contributed by atoms with E-state index in [0.717, 1.165) is 12.4 Å². The molecule has 0 aliphatic carbocycles. The fourth-order valence-corrected chi connectivity index (χ4v) is 3.30. The fraction of sp³-hybridized carbons (Fsp3) is 0.500. The minimum atomic E-state index is -0.351. The Morgan fingerprint density at radius 3 is 2.78 bits per heavy atom. The zero-order chi connectivity index (χ0) is 19.2. The van der Waals surface area contributed by atoms with Gasteiger partial charge >= 0.3 is 0 Å². The number of aliphatic hydroxyl groups is 1. The lowest BCUT2D eigenvalue weighted by atomic mass is 9.96. The van der Waals surface area contributed by atoms with Crippen LogP contribution >= 0.6 is 11.6 Å². The van der Waals surface area contributed by atoms with Crippen LogP contribution in [0.5, 0.6) is 0 Å². The highest BCUT2D eigenvalue weighted by molar-refractivity contribution is 6.31. The highest BCUT2D eigenvalue weighted by Gasteiger charge is 2.28. The number of rotatable bonds is 3. The third kappa shape index (κ3) is 3.46. The van der Waals surface area contributed by atoms with Gasteiger partial charge in [-0.15, -0.1) is 5.10 Å². The molecule has 1 fully saturated rings. The molecule has 4 rings (SSSR count). The van der Waals surface area contributed by atoms with E-state index < -0.39 is 0 Å². The van der Waals surface area contributed by atoms with Crippen LogP contribution in [0.15, 0.2) is 18.3 Å². The normalized spacial score (nSPS) is 17.8. The number of nitrogens with zero attached hydrogens (tertiary/aromatic N) is 7. The molecule has 1 N–H and O–H groups in total. The number of aliphatic hydroxyl groups excluding tert-OH is 1. The summed E-state index contributed by atoms with van der Waals surface area (Å²) >= 11 is 6.25. The molecule has 4 heterocycles. The molecule has 1 atom stereocenters. The molecule has 142 valence electrons. The monoisotopic (exact) mass is 387 g/mol. The van der Waals surface area contributed by atoms with Crippen molar-refractivity contribution in [1.29, 1.82) is 0 Å². The molecule has 8 nitrogen and oxygen atoms in total. The van der Waals surface area contributed by atoms with Crippen molar-refractivity contribution in [2.24, 2.45) is 0 Å². The second-order valence-electron chi connectivity index (χ2n) is 7.86. The maximum atomic E-state index is 9.94. The van der Waals surface area contributed by atoms with E-state index in [-0.39, 0.29) is 11.5 Å². The molecular weight excluding hydrogens is 366 g/mol. The Hall–Kier alpha value is -2.32. The Labute approximate surface area is 162 Å². The van der Waals surface area contributed by atoms with Crippen LogP contribution in [-0.4, -0.2) is 54.2 Å². The molecule has 3 aromatic rings. The average molecular weight is 388 g/mol. The van der Waals surface area contributed by atoms with E-state index in [2.05, 4.69) is 41.0 Å². The number of aromatic nitrogens is 6. The van der Waals surface area contributed by atoms with Crippen LogP contribution in [0.4, 0.5) is 5.82 Å². The molecule has 0 radical (unpaired) electrons. The summed E-state index contributed by atoms with van der Waals surface area (Å²) in [6.07, 6.45) is 2.07. The molecule has 1 saturated heterocycles. The van der Waals surface area contributed by atoms with Gasteiger partial charge in [0.15, 0.2) is 17.0 Å². The summed E-state index contributed by atoms with van der Waals surface area (Å²) in [4.78, 5) is 15.9. The van der Waals surface area contributed by atoms with Crippen LogP contribution in [0.1, 0.15) is 38.7 Å². The first kappa shape index (κ1) is 18.1. The summed E-state index contributed by atoms with van der Waals surface area (Å²) < 4.78 is 1.70. The molecule has 0 bridgehead atoms. The summed E-state index contributed by atoms with van der Waals surface area (Å²) in [5, 5.41) is 19.1. The maximum absolute atomic E-state index is 9.94. The van der Waals surface area contributed by atoms with Crippen molar-refractivity contribution in [3.8, 4) is 0 Å². The predicted molar refractivity (Wildman–Crippen MR) is 103 cm³/mol. The van der Waals surface area contributed by atoms with Gasteiger partial charge in [-0.3, -0.25) is 4.98 Å². The topological polar surface area (TPSA) is 92.8 Å². The van der Waals surface area contributed by atoms with Gasteiger partial charge in [-0.25, -0.2) is 14.6 Å². The van der Waals surface area contributed by atoms with Gasteiger partial charge in [-0.2, -0.15) is 0 Å². The Kier molecular flexibility index (Phi) is 4.47. The van der Waals surface area contributed by atoms with Crippen molar-refractivity contribution in [2.75, 3.05) is 18.0 Å². The average Bonchev–Trinajstić information content (AvgIpc) is 3.22. The van der Waals surface area contributed by atoms with Crippen molar-refractivity contribution >= 4 is 28.6 Å². The minimum Gasteiger partial charge on any atom is -0.391 e. The quantitative estimate of drug-likeness (QED) is 0.736. The van der Waals surface area contributed by atoms with Crippen LogP contribution < -0.4 is 4.90 Å². The lowest BCUT2D eigenvalue weighted by Gasteiger charge is -2.21. The third-order valence-electron chi connectivity index (χ3n) is 4.61. The molecule has 27 heavy (non-hydrogen) atoms. The van der Waals surface area contributed by atoms with Crippen molar-refractivity contribution in [3.05, 3.63) is 34.9 Å². The van der Waals surface area contributed by atoms with Gasteiger partial charge in [0.05, 0.1) is 23.4 Å². The van der Waals surface area contributed by atoms with Crippen molar-refractivity contribution in [2.45, 2.75) is 45.3 Å². The number of halogens is 1. The van der Waals surface area contributed by atoms with E-state index >= 15 is 0 Å². The number of fused-ring (bicyclic) bond motifs is 1. The van der Waals surface area contributed by atoms with Crippen LogP contribution in [0.25, 0.3) is 11.2 Å². The van der Waals surface area contributed by atoms with E-state index in [1.54, 1.807) is 23.0 Å². The van der Waals surface area contributed by atoms with Gasteiger partial charge in [0.25, 0.3) is 0 Å². The van der Waals surface area contributed by atoms with Crippen molar-refractivity contribution in [3.63, 3.8) is 0 Å². The van der Waals surface area contributed by atoms with Crippen LogP contribution in [0.2, 0.25) is 5.02 Å². The Balaban J connectivity index is 1.84. The number of hydrogen-bond donors (Lipinski definition) is 1. The second-order valence-corrected chi connectivity index (χ2v) is 8.27. The Morgan fingerprint density at radius 1 is 1.30 bits per heavy atom. The largest absolute Gasteiger partial charge is 0.391 e. The number of pyridine rings is 1. The number of anilines is 1. The standard InChI is InChI=1S/C18H22ClN7O/c1-18(2,3)17-21-15(25-8-6-11(27)9-25)14-16(22-17)26(24-23-14)10-13-12(19)5-4-7-20-13/h4-5,7,11,27H,6,8-10H2,1-3H3/t11-/m0/s1. The second kappa shape index (κ2) is 6.69. The lowest BCUT2D eigenvalue weighted by Crippen LogP contribution is -2.25. The first-order chi connectivity index (χ1) is 12.8. The van der Waals surface area contributed by atoms with Crippen LogP contribution in [-0.2, 0) is 12.0 Å². The van der Waals surface area contributed by atoms with Gasteiger partial charge in [-0.1, -0.05) is 37.6 Å². The van der Waals surface area contributed by atoms with E-state index in [0.29, 0.717) is 47.2 Å². The number of hydrogen-bond acceptors (Lipinski definition) is 7. The van der Waals surface area contributed by atoms with E-state index in [1.165, 1.54) is 0 Å². The zero-order valence-corrected chi connectivity index (χ0v) is 16.3. The molecule has 0 aromatic carbocycles. The van der Waals surface area contributed by atoms with Gasteiger partial charge in [-0.05, 0) is 18.6 Å². The van der Waals surface area contributed by atoms with Gasteiger partial charge in [0.2, 0.25) is 0 Å². The third-order valence-corrected chi connectivity index (χ3v) is 4.96. The summed E-state index contributed by atoms with van der Waals surface area (Å²) in [6, 6.07) is 3.59. The summed E-state index contributed by atoms with van der Waals surface area (Å²) in [5.74, 6) is 1.43. The molecular formula is C18H22ClN7O. The molecule has 3 aromatic heterocycles. The highest BCUT2D eigenvalue weighted by atomic mass is 35.5. The van der Waals surface area contributed by atoms with Crippen molar-refractivity contribution in [1.82, 2.24) is 29.9 Å². The van der Waals surface area contributed by atoms with E-state index in [9.17, 15) is 5.11 Å². The molecule has 0 spiro atoms. The fourth-order valence-electron chi connectivity index (χ4n) is 3.12. The summed E-state index contributed by atoms with van der Waals surface area (Å²) in [6.45, 7) is 7.85. The Bertz CT molecular complexity index is 981. The molecule has 0 amide bonds. The SMILES string of the molecule is CC(C)(C)c1nc(N2CC[C@H](O)C2)c2nnn(Cc3ncccc3Cl)c2n1. The minimum absolute atomic E-state index is 0.237. The lowest BCUT2D eigenvalue weighted by molar-refractivity contribution is 0.198. The highest BCUT2D eigenvalue weighted by Crippen LogP contribution is 2.29. The summed E-state index contributed by atoms with van der Waals surface area (Å²) in [7, 11) is 0. The maximum Gasteiger partial charge on any atom is 0.184 e. The molecule has 9 heteroatoms. The van der Waals surface area contributed by atoms with E-state index in [1.807, 2.05) is 0 Å². The molecule has 0 saturated carbocycles. The van der Waals surface area contributed by atoms with Crippen LogP contribution in [0, 0.1) is 0 Å². The number of β-amino-alcohol motifs (C(OH)–C–C–N with tert-alkyl or cyclic N) is 1. The van der Waals surface area contributed by atoms with Gasteiger partial charge < -0.3 is 10.0 Å². The van der Waals surface area contributed by atoms with Crippen molar-refractivity contribution < 1.29 is 5.11 Å². The van der Waals surface area contributed by atoms with E-state index in [4.69, 9.17) is 21.6 Å².